The van der Waals surface area contributed by atoms with E-state index in [1.165, 1.54) is 12.1 Å². The van der Waals surface area contributed by atoms with Crippen LogP contribution < -0.4 is 10.2 Å². The van der Waals surface area contributed by atoms with Crippen molar-refractivity contribution in [3.63, 3.8) is 0 Å². The molecule has 144 valence electrons. The van der Waals surface area contributed by atoms with Gasteiger partial charge in [-0.25, -0.2) is 0 Å². The number of carbonyl (C=O) groups is 1. The number of nitro benzene ring substituents is 1. The molecule has 1 heterocycles. The number of piperazine rings is 1. The second-order valence-electron chi connectivity index (χ2n) is 6.60. The number of nitrogens with one attached hydrogen (secondary N) is 1. The second-order valence-corrected chi connectivity index (χ2v) is 6.60. The number of nitro groups is 1. The molecule has 1 amide bonds. The highest BCUT2D eigenvalue weighted by atomic mass is 16.6. The molecule has 2 aromatic carbocycles. The molecule has 0 bridgehead atoms. The summed E-state index contributed by atoms with van der Waals surface area (Å²) in [6.07, 6.45) is 0. The van der Waals surface area contributed by atoms with Crippen LogP contribution in [0.1, 0.15) is 11.1 Å². The summed E-state index contributed by atoms with van der Waals surface area (Å²) in [5, 5.41) is 23.1. The van der Waals surface area contributed by atoms with Crippen LogP contribution in [0.4, 0.5) is 11.4 Å². The molecule has 1 N–H and O–H groups in total. The predicted octanol–water partition coefficient (Wildman–Crippen LogP) is 1.90. The first-order valence-electron chi connectivity index (χ1n) is 9.03. The Morgan fingerprint density at radius 1 is 1.14 bits per heavy atom. The lowest BCUT2D eigenvalue weighted by Crippen LogP contribution is -2.49. The van der Waals surface area contributed by atoms with Crippen LogP contribution in [0.3, 0.4) is 0 Å². The maximum absolute atomic E-state index is 12.2. The molecule has 2 aromatic rings. The molecule has 0 radical (unpaired) electrons. The van der Waals surface area contributed by atoms with Crippen LogP contribution in [-0.2, 0) is 11.3 Å². The van der Waals surface area contributed by atoms with E-state index in [0.717, 1.165) is 5.56 Å². The molecule has 1 aliphatic rings. The van der Waals surface area contributed by atoms with Gasteiger partial charge in [0.15, 0.2) is 0 Å². The highest BCUT2D eigenvalue weighted by molar-refractivity contribution is 5.78. The van der Waals surface area contributed by atoms with E-state index in [0.29, 0.717) is 50.5 Å². The Hall–Kier alpha value is -3.44. The first-order chi connectivity index (χ1) is 13.6. The van der Waals surface area contributed by atoms with E-state index < -0.39 is 4.92 Å². The summed E-state index contributed by atoms with van der Waals surface area (Å²) >= 11 is 0. The lowest BCUT2D eigenvalue weighted by atomic mass is 10.1. The Labute approximate surface area is 163 Å². The smallest absolute Gasteiger partial charge is 0.270 e. The molecule has 0 unspecified atom stereocenters. The third-order valence-electron chi connectivity index (χ3n) is 4.72. The number of amides is 1. The minimum Gasteiger partial charge on any atom is -0.368 e. The summed E-state index contributed by atoms with van der Waals surface area (Å²) in [5.74, 6) is -0.0228. The van der Waals surface area contributed by atoms with Gasteiger partial charge in [0.2, 0.25) is 5.91 Å². The zero-order valence-electron chi connectivity index (χ0n) is 15.4. The molecular formula is C20H21N5O3. The van der Waals surface area contributed by atoms with Crippen LogP contribution in [0.2, 0.25) is 0 Å². The van der Waals surface area contributed by atoms with Crippen LogP contribution in [0.25, 0.3) is 0 Å². The van der Waals surface area contributed by atoms with Gasteiger partial charge in [0, 0.05) is 44.9 Å². The monoisotopic (exact) mass is 379 g/mol. The van der Waals surface area contributed by atoms with E-state index in [2.05, 4.69) is 10.2 Å². The van der Waals surface area contributed by atoms with Gasteiger partial charge in [0.1, 0.15) is 6.07 Å². The van der Waals surface area contributed by atoms with Crippen LogP contribution in [0.15, 0.2) is 48.5 Å². The van der Waals surface area contributed by atoms with Gasteiger partial charge in [0.05, 0.1) is 22.7 Å². The van der Waals surface area contributed by atoms with E-state index in [1.54, 1.807) is 6.07 Å². The largest absolute Gasteiger partial charge is 0.368 e. The summed E-state index contributed by atoms with van der Waals surface area (Å²) in [6, 6.07) is 16.1. The Morgan fingerprint density at radius 2 is 1.86 bits per heavy atom. The zero-order chi connectivity index (χ0) is 19.9. The first-order valence-corrected chi connectivity index (χ1v) is 9.03. The van der Waals surface area contributed by atoms with Crippen molar-refractivity contribution in [2.24, 2.45) is 0 Å². The quantitative estimate of drug-likeness (QED) is 0.607. The number of nitrogens with zero attached hydrogens (tertiary/aromatic N) is 4. The standard InChI is InChI=1S/C20H21N5O3/c21-13-17-12-18(25(27)28)6-7-19(17)24-10-8-23(9-11-24)15-20(26)22-14-16-4-2-1-3-5-16/h1-7,12H,8-11,14-15H2,(H,22,26). The summed E-state index contributed by atoms with van der Waals surface area (Å²) < 4.78 is 0. The van der Waals surface area contributed by atoms with Crippen molar-refractivity contribution in [3.8, 4) is 6.07 Å². The van der Waals surface area contributed by atoms with Crippen molar-refractivity contribution in [1.29, 1.82) is 5.26 Å². The lowest BCUT2D eigenvalue weighted by Gasteiger charge is -2.36. The molecule has 0 aromatic heterocycles. The van der Waals surface area contributed by atoms with E-state index in [1.807, 2.05) is 41.3 Å². The van der Waals surface area contributed by atoms with E-state index in [-0.39, 0.29) is 11.6 Å². The Kier molecular flexibility index (Phi) is 6.19. The van der Waals surface area contributed by atoms with Crippen LogP contribution in [0, 0.1) is 21.4 Å². The Bertz CT molecular complexity index is 886. The van der Waals surface area contributed by atoms with Crippen LogP contribution >= 0.6 is 0 Å². The molecule has 1 saturated heterocycles. The number of carbonyl (C=O) groups excluding carboxylic acids is 1. The van der Waals surface area contributed by atoms with Crippen LogP contribution in [-0.4, -0.2) is 48.5 Å². The number of hydrogen-bond acceptors (Lipinski definition) is 6. The first kappa shape index (κ1) is 19.3. The fraction of sp³-hybridized carbons (Fsp3) is 0.300. The highest BCUT2D eigenvalue weighted by Crippen LogP contribution is 2.25. The topological polar surface area (TPSA) is 103 Å². The molecule has 0 spiro atoms. The van der Waals surface area contributed by atoms with Crippen molar-refractivity contribution in [2.45, 2.75) is 6.54 Å². The number of non-ortho nitro benzene ring substituents is 1. The molecule has 3 rings (SSSR count). The molecular weight excluding hydrogens is 358 g/mol. The number of benzene rings is 2. The average molecular weight is 379 g/mol. The highest BCUT2D eigenvalue weighted by Gasteiger charge is 2.22. The number of nitriles is 1. The lowest BCUT2D eigenvalue weighted by molar-refractivity contribution is -0.384. The number of rotatable bonds is 6. The number of hydrogen-bond donors (Lipinski definition) is 1. The van der Waals surface area contributed by atoms with Crippen molar-refractivity contribution >= 4 is 17.3 Å². The SMILES string of the molecule is N#Cc1cc([N+](=O)[O-])ccc1N1CCN(CC(=O)NCc2ccccc2)CC1. The molecule has 28 heavy (non-hydrogen) atoms. The molecule has 1 aliphatic heterocycles. The van der Waals surface area contributed by atoms with Gasteiger partial charge in [-0.15, -0.1) is 0 Å². The van der Waals surface area contributed by atoms with Gasteiger partial charge in [0.25, 0.3) is 5.69 Å². The Balaban J connectivity index is 1.51. The predicted molar refractivity (Wildman–Crippen MR) is 105 cm³/mol. The zero-order valence-corrected chi connectivity index (χ0v) is 15.4. The molecule has 0 atom stereocenters. The van der Waals surface area contributed by atoms with Gasteiger partial charge in [-0.3, -0.25) is 19.8 Å². The Morgan fingerprint density at radius 3 is 2.50 bits per heavy atom. The number of anilines is 1. The minimum absolute atomic E-state index is 0.0228. The molecule has 8 heteroatoms. The molecule has 0 saturated carbocycles. The van der Waals surface area contributed by atoms with Crippen molar-refractivity contribution in [3.05, 3.63) is 69.8 Å². The van der Waals surface area contributed by atoms with E-state index >= 15 is 0 Å². The summed E-state index contributed by atoms with van der Waals surface area (Å²) in [5.41, 5.74) is 1.96. The van der Waals surface area contributed by atoms with Crippen molar-refractivity contribution in [2.75, 3.05) is 37.6 Å². The summed E-state index contributed by atoms with van der Waals surface area (Å²) in [6.45, 7) is 3.50. The molecule has 8 nitrogen and oxygen atoms in total. The maximum Gasteiger partial charge on any atom is 0.270 e. The summed E-state index contributed by atoms with van der Waals surface area (Å²) in [4.78, 5) is 26.6. The fourth-order valence-corrected chi connectivity index (χ4v) is 3.21. The maximum atomic E-state index is 12.2. The van der Waals surface area contributed by atoms with Gasteiger partial charge >= 0.3 is 0 Å². The average Bonchev–Trinajstić information content (AvgIpc) is 2.73. The van der Waals surface area contributed by atoms with Crippen LogP contribution in [0.5, 0.6) is 0 Å². The van der Waals surface area contributed by atoms with Gasteiger partial charge < -0.3 is 10.2 Å². The molecule has 0 aliphatic carbocycles. The third kappa shape index (κ3) is 4.84. The van der Waals surface area contributed by atoms with Gasteiger partial charge in [-0.05, 0) is 11.6 Å². The molecule has 1 fully saturated rings. The second kappa shape index (κ2) is 8.97. The van der Waals surface area contributed by atoms with Crippen molar-refractivity contribution in [1.82, 2.24) is 10.2 Å². The summed E-state index contributed by atoms with van der Waals surface area (Å²) in [7, 11) is 0. The normalized spacial score (nSPS) is 14.3. The van der Waals surface area contributed by atoms with E-state index in [9.17, 15) is 20.2 Å². The van der Waals surface area contributed by atoms with Gasteiger partial charge in [-0.1, -0.05) is 30.3 Å². The van der Waals surface area contributed by atoms with Gasteiger partial charge in [-0.2, -0.15) is 5.26 Å². The van der Waals surface area contributed by atoms with E-state index in [4.69, 9.17) is 0 Å². The third-order valence-corrected chi connectivity index (χ3v) is 4.72. The fourth-order valence-electron chi connectivity index (χ4n) is 3.21. The van der Waals surface area contributed by atoms with Crippen molar-refractivity contribution < 1.29 is 9.72 Å². The minimum atomic E-state index is -0.503.